The van der Waals surface area contributed by atoms with Crippen molar-refractivity contribution in [1.29, 1.82) is 0 Å². The number of rotatable bonds is 7. The summed E-state index contributed by atoms with van der Waals surface area (Å²) in [5, 5.41) is 7.13. The molecule has 0 aliphatic heterocycles. The van der Waals surface area contributed by atoms with Gasteiger partial charge in [-0.3, -0.25) is 9.69 Å². The molecule has 4 rings (SSSR count). The molecule has 2 aromatic heterocycles. The number of amides is 1. The molecule has 0 spiro atoms. The first-order chi connectivity index (χ1) is 17.8. The lowest BCUT2D eigenvalue weighted by molar-refractivity contribution is 0.0993. The highest BCUT2D eigenvalue weighted by Gasteiger charge is 2.28. The van der Waals surface area contributed by atoms with Crippen LogP contribution in [0, 0.1) is 25.7 Å². The molecule has 1 atom stereocenters. The second-order valence-corrected chi connectivity index (χ2v) is 8.34. The van der Waals surface area contributed by atoms with Crippen LogP contribution in [0.25, 0.3) is 11.5 Å². The van der Waals surface area contributed by atoms with Crippen LogP contribution in [0.3, 0.4) is 0 Å². The number of benzene rings is 2. The smallest absolute Gasteiger partial charge is 0.265 e. The van der Waals surface area contributed by atoms with Gasteiger partial charge in [0.25, 0.3) is 11.8 Å². The average molecular weight is 494 g/mol. The Labute approximate surface area is 215 Å². The predicted octanol–water partition coefficient (Wildman–Crippen LogP) is 4.76. The van der Waals surface area contributed by atoms with Gasteiger partial charge in [-0.1, -0.05) is 48.0 Å². The lowest BCUT2D eigenvalue weighted by Crippen LogP contribution is -2.37. The summed E-state index contributed by atoms with van der Waals surface area (Å²) >= 11 is 0. The van der Waals surface area contributed by atoms with Crippen molar-refractivity contribution in [3.63, 3.8) is 0 Å². The number of para-hydroxylation sites is 1. The molecule has 3 N–H and O–H groups in total. The largest absolute Gasteiger partial charge is 0.383 e. The molecule has 0 bridgehead atoms. The van der Waals surface area contributed by atoms with E-state index in [2.05, 4.69) is 43.8 Å². The lowest BCUT2D eigenvalue weighted by Gasteiger charge is -2.30. The topological polar surface area (TPSA) is 123 Å². The molecule has 1 amide bonds. The summed E-state index contributed by atoms with van der Waals surface area (Å²) < 4.78 is 5.32. The molecule has 0 saturated heterocycles. The molecule has 0 radical (unpaired) electrons. The van der Waals surface area contributed by atoms with Gasteiger partial charge < -0.3 is 15.6 Å². The average Bonchev–Trinajstić information content (AvgIpc) is 3.30. The number of aryl methyl sites for hydroxylation is 2. The maximum absolute atomic E-state index is 14.1. The Bertz CT molecular complexity index is 1520. The summed E-state index contributed by atoms with van der Waals surface area (Å²) in [4.78, 5) is 28.4. The minimum Gasteiger partial charge on any atom is -0.383 e. The van der Waals surface area contributed by atoms with Gasteiger partial charge >= 0.3 is 0 Å². The number of hydrogen-bond acceptors (Lipinski definition) is 8. The first kappa shape index (κ1) is 25.1. The summed E-state index contributed by atoms with van der Waals surface area (Å²) in [7, 11) is 0. The third-order valence-electron chi connectivity index (χ3n) is 5.72. The van der Waals surface area contributed by atoms with Gasteiger partial charge in [0.15, 0.2) is 5.82 Å². The molecule has 4 aromatic rings. The first-order valence-corrected chi connectivity index (χ1v) is 11.6. The number of anilines is 3. The zero-order chi connectivity index (χ0) is 26.5. The van der Waals surface area contributed by atoms with Gasteiger partial charge in [0.1, 0.15) is 23.5 Å². The molecule has 0 fully saturated rings. The summed E-state index contributed by atoms with van der Waals surface area (Å²) in [5.74, 6) is 6.90. The zero-order valence-electron chi connectivity index (χ0n) is 21.1. The second kappa shape index (κ2) is 10.7. The Morgan fingerprint density at radius 2 is 1.89 bits per heavy atom. The van der Waals surface area contributed by atoms with Gasteiger partial charge in [-0.25, -0.2) is 9.97 Å². The fourth-order valence-electron chi connectivity index (χ4n) is 3.89. The third-order valence-corrected chi connectivity index (χ3v) is 5.72. The van der Waals surface area contributed by atoms with Crippen LogP contribution in [0.4, 0.5) is 17.3 Å². The van der Waals surface area contributed by atoms with Crippen molar-refractivity contribution in [2.24, 2.45) is 0 Å². The number of nitrogen functional groups attached to an aromatic ring is 1. The van der Waals surface area contributed by atoms with Gasteiger partial charge in [-0.15, -0.1) is 5.92 Å². The zero-order valence-corrected chi connectivity index (χ0v) is 21.1. The Morgan fingerprint density at radius 3 is 2.57 bits per heavy atom. The summed E-state index contributed by atoms with van der Waals surface area (Å²) in [6.45, 7) is 11.5. The van der Waals surface area contributed by atoms with E-state index in [0.29, 0.717) is 39.7 Å². The van der Waals surface area contributed by atoms with Crippen molar-refractivity contribution in [2.75, 3.05) is 16.0 Å². The number of hydrogen-bond donors (Lipinski definition) is 2. The van der Waals surface area contributed by atoms with Crippen LogP contribution in [0.2, 0.25) is 0 Å². The molecule has 0 aliphatic carbocycles. The highest BCUT2D eigenvalue weighted by molar-refractivity contribution is 6.10. The number of nitrogens with one attached hydrogen (secondary N) is 1. The third kappa shape index (κ3) is 5.18. The molecular formula is C28H27N7O2. The Morgan fingerprint density at radius 1 is 1.14 bits per heavy atom. The van der Waals surface area contributed by atoms with Crippen LogP contribution in [-0.2, 0) is 0 Å². The van der Waals surface area contributed by atoms with E-state index < -0.39 is 6.04 Å². The summed E-state index contributed by atoms with van der Waals surface area (Å²) in [5.41, 5.74) is 9.64. The van der Waals surface area contributed by atoms with E-state index in [1.54, 1.807) is 18.7 Å². The normalized spacial score (nSPS) is 11.2. The van der Waals surface area contributed by atoms with Crippen LogP contribution in [0.15, 0.2) is 71.7 Å². The number of carbonyl (C=O) groups is 1. The van der Waals surface area contributed by atoms with E-state index in [1.807, 2.05) is 62.4 Å². The Kier molecular flexibility index (Phi) is 7.30. The van der Waals surface area contributed by atoms with Gasteiger partial charge in [0.2, 0.25) is 0 Å². The molecule has 37 heavy (non-hydrogen) atoms. The molecule has 9 heteroatoms. The van der Waals surface area contributed by atoms with Crippen molar-refractivity contribution >= 4 is 23.2 Å². The van der Waals surface area contributed by atoms with Crippen molar-refractivity contribution < 1.29 is 9.32 Å². The van der Waals surface area contributed by atoms with Crippen molar-refractivity contribution in [3.05, 3.63) is 89.6 Å². The van der Waals surface area contributed by atoms with E-state index in [1.165, 1.54) is 6.33 Å². The number of aromatic nitrogens is 4. The van der Waals surface area contributed by atoms with Crippen molar-refractivity contribution in [1.82, 2.24) is 20.1 Å². The second-order valence-electron chi connectivity index (χ2n) is 8.34. The molecular weight excluding hydrogens is 466 g/mol. The monoisotopic (exact) mass is 493 g/mol. The molecule has 2 aromatic carbocycles. The van der Waals surface area contributed by atoms with Crippen LogP contribution >= 0.6 is 0 Å². The SMILES string of the molecule is C=C([C@H](C)Nc1ncnc(N)c1-c1nc(C)no1)N(C(=O)c1c(C)cccc1C#CC)c1ccccc1. The molecule has 0 aliphatic rings. The number of nitrogens with zero attached hydrogens (tertiary/aromatic N) is 5. The molecule has 186 valence electrons. The van der Waals surface area contributed by atoms with E-state index in [0.717, 1.165) is 5.56 Å². The van der Waals surface area contributed by atoms with Crippen LogP contribution in [0.1, 0.15) is 41.2 Å². The van der Waals surface area contributed by atoms with Gasteiger partial charge in [0.05, 0.1) is 11.6 Å². The summed E-state index contributed by atoms with van der Waals surface area (Å²) in [6.07, 6.45) is 1.34. The quantitative estimate of drug-likeness (QED) is 0.353. The Balaban J connectivity index is 1.74. The first-order valence-electron chi connectivity index (χ1n) is 11.6. The van der Waals surface area contributed by atoms with Crippen LogP contribution in [-0.4, -0.2) is 32.1 Å². The highest BCUT2D eigenvalue weighted by Crippen LogP contribution is 2.31. The molecule has 9 nitrogen and oxygen atoms in total. The molecule has 2 heterocycles. The summed E-state index contributed by atoms with van der Waals surface area (Å²) in [6, 6.07) is 14.5. The predicted molar refractivity (Wildman–Crippen MR) is 144 cm³/mol. The van der Waals surface area contributed by atoms with E-state index >= 15 is 0 Å². The van der Waals surface area contributed by atoms with Crippen molar-refractivity contribution in [3.8, 4) is 23.3 Å². The fourth-order valence-corrected chi connectivity index (χ4v) is 3.89. The van der Waals surface area contributed by atoms with Gasteiger partial charge in [-0.2, -0.15) is 4.98 Å². The Hall–Kier alpha value is -4.97. The maximum Gasteiger partial charge on any atom is 0.265 e. The van der Waals surface area contributed by atoms with E-state index in [4.69, 9.17) is 10.3 Å². The molecule has 0 saturated carbocycles. The van der Waals surface area contributed by atoms with E-state index in [9.17, 15) is 4.79 Å². The maximum atomic E-state index is 14.1. The minimum atomic E-state index is -0.467. The van der Waals surface area contributed by atoms with Crippen molar-refractivity contribution in [2.45, 2.75) is 33.7 Å². The minimum absolute atomic E-state index is 0.178. The number of carbonyl (C=O) groups excluding carboxylic acids is 1. The number of nitrogens with two attached hydrogens (primary N) is 1. The highest BCUT2D eigenvalue weighted by atomic mass is 16.5. The molecule has 0 unspecified atom stereocenters. The van der Waals surface area contributed by atoms with Crippen LogP contribution < -0.4 is 16.0 Å². The standard InChI is InChI=1S/C28H27N7O2/c1-6-11-21-13-10-12-17(2)23(21)28(36)35(22-14-8-7-9-15-22)19(4)18(3)32-26-24(25(29)30-16-31-26)27-33-20(5)34-37-27/h7-10,12-16,18H,4H2,1-3,5H3,(H3,29,30,31,32)/t18-/m0/s1. The van der Waals surface area contributed by atoms with Gasteiger partial charge in [0, 0.05) is 16.9 Å². The van der Waals surface area contributed by atoms with Crippen LogP contribution in [0.5, 0.6) is 0 Å². The lowest BCUT2D eigenvalue weighted by atomic mass is 9.99. The fraction of sp³-hybridized carbons (Fsp3) is 0.179. The van der Waals surface area contributed by atoms with E-state index in [-0.39, 0.29) is 17.6 Å². The van der Waals surface area contributed by atoms with Gasteiger partial charge in [-0.05, 0) is 51.5 Å².